The zero-order chi connectivity index (χ0) is 18.6. The molecule has 2 heterocycles. The minimum absolute atomic E-state index is 0.0374. The van der Waals surface area contributed by atoms with Crippen LogP contribution in [-0.2, 0) is 4.79 Å². The number of nitrogens with zero attached hydrogens (tertiary/aromatic N) is 3. The highest BCUT2D eigenvalue weighted by Crippen LogP contribution is 2.27. The van der Waals surface area contributed by atoms with E-state index in [0.717, 1.165) is 35.4 Å². The number of aromatic nitrogens is 2. The number of carbonyl (C=O) groups excluding carboxylic acids is 1. The number of hydrogen-bond acceptors (Lipinski definition) is 5. The Morgan fingerprint density at radius 1 is 1.15 bits per heavy atom. The maximum atomic E-state index is 12.2. The number of ether oxygens (including phenoxy) is 1. The molecule has 1 aromatic heterocycles. The number of anilines is 2. The standard InChI is InChI=1S/C21H22N4O2/c1-15-5-4-6-17(11-15)27-13-20(26)24-16-7-8-18-19(12-16)22-14-23-21(18)25-9-2-3-10-25/h4-8,11-12,14H,2-3,9-10,13H2,1H3,(H,24,26). The fraction of sp³-hybridized carbons (Fsp3) is 0.286. The number of amides is 1. The highest BCUT2D eigenvalue weighted by atomic mass is 16.5. The van der Waals surface area contributed by atoms with E-state index in [0.29, 0.717) is 11.4 Å². The molecule has 1 fully saturated rings. The number of fused-ring (bicyclic) bond motifs is 1. The lowest BCUT2D eigenvalue weighted by Crippen LogP contribution is -2.20. The predicted molar refractivity (Wildman–Crippen MR) is 106 cm³/mol. The van der Waals surface area contributed by atoms with Crippen LogP contribution in [0, 0.1) is 6.92 Å². The Balaban J connectivity index is 1.45. The Labute approximate surface area is 158 Å². The van der Waals surface area contributed by atoms with E-state index < -0.39 is 0 Å². The average molecular weight is 362 g/mol. The van der Waals surface area contributed by atoms with E-state index in [4.69, 9.17) is 4.74 Å². The molecule has 6 heteroatoms. The molecule has 4 rings (SSSR count). The SMILES string of the molecule is Cc1cccc(OCC(=O)Nc2ccc3c(N4CCCC4)ncnc3c2)c1. The first-order chi connectivity index (χ1) is 13.2. The summed E-state index contributed by atoms with van der Waals surface area (Å²) in [6.45, 7) is 4.01. The molecule has 1 N–H and O–H groups in total. The molecule has 0 radical (unpaired) electrons. The maximum Gasteiger partial charge on any atom is 0.262 e. The van der Waals surface area contributed by atoms with Gasteiger partial charge in [0.25, 0.3) is 5.91 Å². The second kappa shape index (κ2) is 7.61. The van der Waals surface area contributed by atoms with Crippen molar-refractivity contribution in [1.82, 2.24) is 9.97 Å². The lowest BCUT2D eigenvalue weighted by atomic mass is 10.2. The van der Waals surface area contributed by atoms with E-state index in [1.807, 2.05) is 49.4 Å². The molecule has 0 unspecified atom stereocenters. The molecule has 1 aliphatic heterocycles. The van der Waals surface area contributed by atoms with Crippen LogP contribution in [0.4, 0.5) is 11.5 Å². The third-order valence-corrected chi connectivity index (χ3v) is 4.66. The minimum Gasteiger partial charge on any atom is -0.484 e. The number of carbonyl (C=O) groups is 1. The van der Waals surface area contributed by atoms with Crippen molar-refractivity contribution in [3.8, 4) is 5.75 Å². The molecule has 27 heavy (non-hydrogen) atoms. The molecule has 0 atom stereocenters. The van der Waals surface area contributed by atoms with E-state index in [-0.39, 0.29) is 12.5 Å². The van der Waals surface area contributed by atoms with Crippen LogP contribution >= 0.6 is 0 Å². The largest absolute Gasteiger partial charge is 0.484 e. The van der Waals surface area contributed by atoms with Crippen molar-refractivity contribution < 1.29 is 9.53 Å². The van der Waals surface area contributed by atoms with Crippen LogP contribution in [0.3, 0.4) is 0 Å². The van der Waals surface area contributed by atoms with Gasteiger partial charge < -0.3 is 15.0 Å². The molecular weight excluding hydrogens is 340 g/mol. The van der Waals surface area contributed by atoms with Crippen LogP contribution in [0.25, 0.3) is 10.9 Å². The first-order valence-corrected chi connectivity index (χ1v) is 9.18. The Morgan fingerprint density at radius 2 is 2.00 bits per heavy atom. The van der Waals surface area contributed by atoms with Crippen LogP contribution < -0.4 is 15.0 Å². The third kappa shape index (κ3) is 4.00. The van der Waals surface area contributed by atoms with Crippen molar-refractivity contribution in [2.75, 3.05) is 29.9 Å². The number of aryl methyl sites for hydroxylation is 1. The van der Waals surface area contributed by atoms with Crippen LogP contribution in [0.1, 0.15) is 18.4 Å². The molecule has 1 saturated heterocycles. The van der Waals surface area contributed by atoms with Crippen molar-refractivity contribution in [3.05, 3.63) is 54.4 Å². The monoisotopic (exact) mass is 362 g/mol. The van der Waals surface area contributed by atoms with Crippen LogP contribution in [0.2, 0.25) is 0 Å². The van der Waals surface area contributed by atoms with Crippen molar-refractivity contribution in [2.45, 2.75) is 19.8 Å². The topological polar surface area (TPSA) is 67.3 Å². The number of rotatable bonds is 5. The van der Waals surface area contributed by atoms with Gasteiger partial charge in [-0.15, -0.1) is 0 Å². The molecule has 0 bridgehead atoms. The summed E-state index contributed by atoms with van der Waals surface area (Å²) < 4.78 is 5.55. The summed E-state index contributed by atoms with van der Waals surface area (Å²) in [5.41, 5.74) is 2.62. The number of hydrogen-bond donors (Lipinski definition) is 1. The van der Waals surface area contributed by atoms with Gasteiger partial charge in [0.05, 0.1) is 5.52 Å². The van der Waals surface area contributed by atoms with Crippen molar-refractivity contribution in [1.29, 1.82) is 0 Å². The van der Waals surface area contributed by atoms with Crippen LogP contribution in [0.15, 0.2) is 48.8 Å². The van der Waals surface area contributed by atoms with E-state index in [2.05, 4.69) is 20.2 Å². The molecule has 2 aromatic carbocycles. The summed E-state index contributed by atoms with van der Waals surface area (Å²) in [5.74, 6) is 1.45. The van der Waals surface area contributed by atoms with Gasteiger partial charge in [0.2, 0.25) is 0 Å². The van der Waals surface area contributed by atoms with E-state index in [9.17, 15) is 4.79 Å². The maximum absolute atomic E-state index is 12.2. The first-order valence-electron chi connectivity index (χ1n) is 9.18. The Morgan fingerprint density at radius 3 is 2.81 bits per heavy atom. The Hall–Kier alpha value is -3.15. The van der Waals surface area contributed by atoms with Crippen molar-refractivity contribution in [2.24, 2.45) is 0 Å². The summed E-state index contributed by atoms with van der Waals surface area (Å²) in [6.07, 6.45) is 3.98. The molecule has 138 valence electrons. The number of nitrogens with one attached hydrogen (secondary N) is 1. The quantitative estimate of drug-likeness (QED) is 0.752. The fourth-order valence-electron chi connectivity index (χ4n) is 3.35. The molecule has 1 amide bonds. The molecule has 0 aliphatic carbocycles. The highest BCUT2D eigenvalue weighted by molar-refractivity contribution is 5.96. The van der Waals surface area contributed by atoms with E-state index in [1.54, 1.807) is 6.33 Å². The summed E-state index contributed by atoms with van der Waals surface area (Å²) in [6, 6.07) is 13.4. The number of benzene rings is 2. The smallest absolute Gasteiger partial charge is 0.262 e. The molecule has 6 nitrogen and oxygen atoms in total. The van der Waals surface area contributed by atoms with Crippen molar-refractivity contribution in [3.63, 3.8) is 0 Å². The normalized spacial score (nSPS) is 13.7. The zero-order valence-corrected chi connectivity index (χ0v) is 15.3. The van der Waals surface area contributed by atoms with Crippen LogP contribution in [-0.4, -0.2) is 35.6 Å². The molecule has 0 saturated carbocycles. The van der Waals surface area contributed by atoms with Gasteiger partial charge in [-0.2, -0.15) is 0 Å². The second-order valence-electron chi connectivity index (χ2n) is 6.78. The molecule has 1 aliphatic rings. The van der Waals surface area contributed by atoms with Crippen molar-refractivity contribution >= 4 is 28.3 Å². The lowest BCUT2D eigenvalue weighted by Gasteiger charge is -2.18. The highest BCUT2D eigenvalue weighted by Gasteiger charge is 2.16. The first kappa shape index (κ1) is 17.3. The summed E-state index contributed by atoms with van der Waals surface area (Å²) >= 11 is 0. The van der Waals surface area contributed by atoms with Crippen LogP contribution in [0.5, 0.6) is 5.75 Å². The predicted octanol–water partition coefficient (Wildman–Crippen LogP) is 3.56. The van der Waals surface area contributed by atoms with Gasteiger partial charge in [-0.1, -0.05) is 12.1 Å². The molecule has 0 spiro atoms. The van der Waals surface area contributed by atoms with E-state index >= 15 is 0 Å². The lowest BCUT2D eigenvalue weighted by molar-refractivity contribution is -0.118. The fourth-order valence-corrected chi connectivity index (χ4v) is 3.35. The Bertz CT molecular complexity index is 967. The van der Waals surface area contributed by atoms with Gasteiger partial charge in [-0.25, -0.2) is 9.97 Å². The second-order valence-corrected chi connectivity index (χ2v) is 6.78. The summed E-state index contributed by atoms with van der Waals surface area (Å²) in [7, 11) is 0. The Kier molecular flexibility index (Phi) is 4.87. The van der Waals surface area contributed by atoms with Gasteiger partial charge >= 0.3 is 0 Å². The average Bonchev–Trinajstić information content (AvgIpc) is 3.20. The third-order valence-electron chi connectivity index (χ3n) is 4.66. The molecule has 3 aromatic rings. The summed E-state index contributed by atoms with van der Waals surface area (Å²) in [4.78, 5) is 23.3. The zero-order valence-electron chi connectivity index (χ0n) is 15.3. The minimum atomic E-state index is -0.204. The van der Waals surface area contributed by atoms with Gasteiger partial charge in [-0.05, 0) is 55.7 Å². The molecular formula is C21H22N4O2. The summed E-state index contributed by atoms with van der Waals surface area (Å²) in [5, 5.41) is 3.88. The van der Waals surface area contributed by atoms with Gasteiger partial charge in [0, 0.05) is 24.2 Å². The van der Waals surface area contributed by atoms with Gasteiger partial charge in [0.15, 0.2) is 6.61 Å². The van der Waals surface area contributed by atoms with Gasteiger partial charge in [-0.3, -0.25) is 4.79 Å². The van der Waals surface area contributed by atoms with Gasteiger partial charge in [0.1, 0.15) is 17.9 Å². The van der Waals surface area contributed by atoms with E-state index in [1.165, 1.54) is 12.8 Å².